The van der Waals surface area contributed by atoms with Crippen molar-refractivity contribution in [3.05, 3.63) is 21.3 Å². The Balaban J connectivity index is 3.27. The smallest absolute Gasteiger partial charge is 0.281 e. The van der Waals surface area contributed by atoms with E-state index < -0.39 is 18.1 Å². The number of halogens is 4. The minimum Gasteiger partial charge on any atom is -0.495 e. The van der Waals surface area contributed by atoms with Crippen LogP contribution in [0.4, 0.5) is 13.2 Å². The molecule has 0 unspecified atom stereocenters. The van der Waals surface area contributed by atoms with Crippen molar-refractivity contribution >= 4 is 22.6 Å². The van der Waals surface area contributed by atoms with E-state index >= 15 is 0 Å². The molecule has 13 heavy (non-hydrogen) atoms. The van der Waals surface area contributed by atoms with Crippen LogP contribution in [-0.2, 0) is 0 Å². The standard InChI is InChI=1S/C7H5F3INO/c1-13-3-2-4(8)12-6(5(3)11)7(9)10/h2,7H,1H3. The highest BCUT2D eigenvalue weighted by Crippen LogP contribution is 2.29. The minimum absolute atomic E-state index is 0.0726. The van der Waals surface area contributed by atoms with Gasteiger partial charge in [-0.05, 0) is 22.6 Å². The first-order valence-corrected chi connectivity index (χ1v) is 4.32. The number of ether oxygens (including phenoxy) is 1. The highest BCUT2D eigenvalue weighted by Gasteiger charge is 2.18. The third-order valence-electron chi connectivity index (χ3n) is 1.35. The molecule has 0 saturated carbocycles. The Kier molecular flexibility index (Phi) is 3.34. The predicted octanol–water partition coefficient (Wildman–Crippen LogP) is 2.77. The summed E-state index contributed by atoms with van der Waals surface area (Å²) in [4.78, 5) is 3.08. The van der Waals surface area contributed by atoms with Crippen molar-refractivity contribution in [3.63, 3.8) is 0 Å². The van der Waals surface area contributed by atoms with Gasteiger partial charge in [-0.1, -0.05) is 0 Å². The van der Waals surface area contributed by atoms with E-state index in [9.17, 15) is 13.2 Å². The molecule has 6 heteroatoms. The Labute approximate surface area is 86.3 Å². The maximum Gasteiger partial charge on any atom is 0.281 e. The zero-order valence-electron chi connectivity index (χ0n) is 6.52. The number of alkyl halides is 2. The zero-order chi connectivity index (χ0) is 10.0. The molecule has 0 amide bonds. The molecular weight excluding hydrogens is 298 g/mol. The van der Waals surface area contributed by atoms with Gasteiger partial charge in [0.1, 0.15) is 11.4 Å². The van der Waals surface area contributed by atoms with Gasteiger partial charge < -0.3 is 4.74 Å². The van der Waals surface area contributed by atoms with E-state index in [2.05, 4.69) is 4.98 Å². The van der Waals surface area contributed by atoms with E-state index in [1.165, 1.54) is 7.11 Å². The van der Waals surface area contributed by atoms with E-state index in [1.807, 2.05) is 0 Å². The maximum absolute atomic E-state index is 12.6. The summed E-state index contributed by atoms with van der Waals surface area (Å²) in [7, 11) is 1.28. The van der Waals surface area contributed by atoms with E-state index in [0.717, 1.165) is 6.07 Å². The minimum atomic E-state index is -2.79. The van der Waals surface area contributed by atoms with Crippen LogP contribution in [-0.4, -0.2) is 12.1 Å². The summed E-state index contributed by atoms with van der Waals surface area (Å²) in [6.07, 6.45) is -2.79. The van der Waals surface area contributed by atoms with Gasteiger partial charge in [0.15, 0.2) is 0 Å². The molecule has 1 aromatic heterocycles. The van der Waals surface area contributed by atoms with Crippen molar-refractivity contribution in [3.8, 4) is 5.75 Å². The lowest BCUT2D eigenvalue weighted by molar-refractivity contribution is 0.143. The Morgan fingerprint density at radius 3 is 2.62 bits per heavy atom. The molecule has 1 rings (SSSR count). The second-order valence-corrected chi connectivity index (χ2v) is 3.23. The molecule has 0 spiro atoms. The van der Waals surface area contributed by atoms with Crippen molar-refractivity contribution < 1.29 is 17.9 Å². The number of pyridine rings is 1. The lowest BCUT2D eigenvalue weighted by Gasteiger charge is -2.07. The molecule has 0 N–H and O–H groups in total. The zero-order valence-corrected chi connectivity index (χ0v) is 8.68. The van der Waals surface area contributed by atoms with Crippen LogP contribution in [0, 0.1) is 9.52 Å². The second kappa shape index (κ2) is 4.12. The summed E-state index contributed by atoms with van der Waals surface area (Å²) in [6.45, 7) is 0. The molecule has 0 saturated heterocycles. The van der Waals surface area contributed by atoms with Gasteiger partial charge in [-0.15, -0.1) is 0 Å². The lowest BCUT2D eigenvalue weighted by atomic mass is 10.3. The molecule has 2 nitrogen and oxygen atoms in total. The van der Waals surface area contributed by atoms with Crippen LogP contribution in [0.1, 0.15) is 12.1 Å². The summed E-state index contributed by atoms with van der Waals surface area (Å²) in [6, 6.07) is 0.966. The Hall–Kier alpha value is -0.530. The number of aromatic nitrogens is 1. The molecule has 72 valence electrons. The van der Waals surface area contributed by atoms with Crippen molar-refractivity contribution in [2.45, 2.75) is 6.43 Å². The summed E-state index contributed by atoms with van der Waals surface area (Å²) in [5.41, 5.74) is -0.586. The fourth-order valence-corrected chi connectivity index (χ4v) is 1.52. The molecule has 0 fully saturated rings. The number of methoxy groups -OCH3 is 1. The fraction of sp³-hybridized carbons (Fsp3) is 0.286. The van der Waals surface area contributed by atoms with Crippen molar-refractivity contribution in [1.29, 1.82) is 0 Å². The van der Waals surface area contributed by atoms with Gasteiger partial charge >= 0.3 is 0 Å². The van der Waals surface area contributed by atoms with Crippen LogP contribution in [0.15, 0.2) is 6.07 Å². The van der Waals surface area contributed by atoms with E-state index in [0.29, 0.717) is 0 Å². The number of hydrogen-bond acceptors (Lipinski definition) is 2. The SMILES string of the molecule is COc1cc(F)nc(C(F)F)c1I. The van der Waals surface area contributed by atoms with Gasteiger partial charge in [-0.3, -0.25) is 0 Å². The molecule has 0 aliphatic carbocycles. The first-order chi connectivity index (χ1) is 6.06. The second-order valence-electron chi connectivity index (χ2n) is 2.15. The normalized spacial score (nSPS) is 10.6. The third kappa shape index (κ3) is 2.23. The summed E-state index contributed by atoms with van der Waals surface area (Å²) >= 11 is 1.64. The third-order valence-corrected chi connectivity index (χ3v) is 2.43. The van der Waals surface area contributed by atoms with Crippen LogP contribution in [0.2, 0.25) is 0 Å². The molecule has 0 aliphatic heterocycles. The first kappa shape index (κ1) is 10.6. The molecule has 1 heterocycles. The molecule has 0 aromatic carbocycles. The molecule has 0 aliphatic rings. The molecular formula is C7H5F3INO. The summed E-state index contributed by atoms with van der Waals surface area (Å²) in [5, 5.41) is 0. The number of nitrogens with zero attached hydrogens (tertiary/aromatic N) is 1. The van der Waals surface area contributed by atoms with E-state index in [-0.39, 0.29) is 9.32 Å². The van der Waals surface area contributed by atoms with E-state index in [1.54, 1.807) is 22.6 Å². The van der Waals surface area contributed by atoms with Crippen molar-refractivity contribution in [2.75, 3.05) is 7.11 Å². The molecule has 0 atom stereocenters. The lowest BCUT2D eigenvalue weighted by Crippen LogP contribution is -2.00. The molecule has 0 bridgehead atoms. The number of hydrogen-bond donors (Lipinski definition) is 0. The van der Waals surface area contributed by atoms with Gasteiger partial charge in [0, 0.05) is 6.07 Å². The van der Waals surface area contributed by atoms with Crippen molar-refractivity contribution in [2.24, 2.45) is 0 Å². The van der Waals surface area contributed by atoms with Crippen LogP contribution >= 0.6 is 22.6 Å². The maximum atomic E-state index is 12.6. The number of rotatable bonds is 2. The van der Waals surface area contributed by atoms with Crippen LogP contribution in [0.25, 0.3) is 0 Å². The van der Waals surface area contributed by atoms with Crippen LogP contribution < -0.4 is 4.74 Å². The topological polar surface area (TPSA) is 22.1 Å². The van der Waals surface area contributed by atoms with Gasteiger partial charge in [-0.25, -0.2) is 13.8 Å². The molecule has 0 radical (unpaired) electrons. The van der Waals surface area contributed by atoms with Crippen LogP contribution in [0.5, 0.6) is 5.75 Å². The average molecular weight is 303 g/mol. The quantitative estimate of drug-likeness (QED) is 0.619. The average Bonchev–Trinajstić information content (AvgIpc) is 2.08. The fourth-order valence-electron chi connectivity index (χ4n) is 0.787. The molecule has 1 aromatic rings. The Bertz CT molecular complexity index is 319. The summed E-state index contributed by atoms with van der Waals surface area (Å²) in [5.74, 6) is -0.893. The summed E-state index contributed by atoms with van der Waals surface area (Å²) < 4.78 is 41.9. The Morgan fingerprint density at radius 2 is 2.15 bits per heavy atom. The largest absolute Gasteiger partial charge is 0.495 e. The monoisotopic (exact) mass is 303 g/mol. The Morgan fingerprint density at radius 1 is 1.54 bits per heavy atom. The van der Waals surface area contributed by atoms with Gasteiger partial charge in [0.25, 0.3) is 6.43 Å². The van der Waals surface area contributed by atoms with Gasteiger partial charge in [-0.2, -0.15) is 4.39 Å². The predicted molar refractivity (Wildman–Crippen MR) is 48.4 cm³/mol. The van der Waals surface area contributed by atoms with Crippen molar-refractivity contribution in [1.82, 2.24) is 4.98 Å². The highest BCUT2D eigenvalue weighted by molar-refractivity contribution is 14.1. The highest BCUT2D eigenvalue weighted by atomic mass is 127. The van der Waals surface area contributed by atoms with Gasteiger partial charge in [0.2, 0.25) is 5.95 Å². The van der Waals surface area contributed by atoms with Gasteiger partial charge in [0.05, 0.1) is 10.7 Å². The first-order valence-electron chi connectivity index (χ1n) is 3.24. The van der Waals surface area contributed by atoms with E-state index in [4.69, 9.17) is 4.74 Å². The van der Waals surface area contributed by atoms with Crippen LogP contribution in [0.3, 0.4) is 0 Å².